The van der Waals surface area contributed by atoms with Gasteiger partial charge in [-0.2, -0.15) is 5.10 Å². The lowest BCUT2D eigenvalue weighted by Gasteiger charge is -2.10. The molecule has 0 bridgehead atoms. The number of halogens is 1. The summed E-state index contributed by atoms with van der Waals surface area (Å²) in [6, 6.07) is 0. The maximum Gasteiger partial charge on any atom is 0.191 e. The van der Waals surface area contributed by atoms with Crippen molar-refractivity contribution < 1.29 is 4.74 Å². The van der Waals surface area contributed by atoms with Crippen molar-refractivity contribution >= 4 is 29.9 Å². The van der Waals surface area contributed by atoms with Crippen molar-refractivity contribution in [1.29, 1.82) is 0 Å². The van der Waals surface area contributed by atoms with Crippen molar-refractivity contribution in [2.75, 3.05) is 32.8 Å². The van der Waals surface area contributed by atoms with E-state index in [0.717, 1.165) is 51.6 Å². The lowest BCUT2D eigenvalue weighted by atomic mass is 10.2. The second-order valence-corrected chi connectivity index (χ2v) is 4.51. The molecule has 0 saturated heterocycles. The van der Waals surface area contributed by atoms with Gasteiger partial charge in [-0.05, 0) is 32.3 Å². The summed E-state index contributed by atoms with van der Waals surface area (Å²) >= 11 is 0. The van der Waals surface area contributed by atoms with Crippen molar-refractivity contribution in [2.24, 2.45) is 12.0 Å². The number of rotatable bonds is 9. The van der Waals surface area contributed by atoms with E-state index in [9.17, 15) is 0 Å². The monoisotopic (exact) mass is 409 g/mol. The fraction of sp³-hybridized carbons (Fsp3) is 0.714. The molecule has 0 aliphatic carbocycles. The van der Waals surface area contributed by atoms with E-state index in [1.54, 1.807) is 0 Å². The van der Waals surface area contributed by atoms with Gasteiger partial charge in [0.1, 0.15) is 0 Å². The molecule has 0 spiro atoms. The van der Waals surface area contributed by atoms with E-state index >= 15 is 0 Å². The number of hydrogen-bond donors (Lipinski definition) is 2. The van der Waals surface area contributed by atoms with Gasteiger partial charge in [0.25, 0.3) is 0 Å². The van der Waals surface area contributed by atoms with Crippen LogP contribution in [0, 0.1) is 0 Å². The average Bonchev–Trinajstić information content (AvgIpc) is 2.84. The Hall–Kier alpha value is -0.830. The van der Waals surface area contributed by atoms with Gasteiger partial charge >= 0.3 is 0 Å². The van der Waals surface area contributed by atoms with Crippen LogP contribution in [0.5, 0.6) is 0 Å². The molecule has 6 nitrogen and oxygen atoms in total. The van der Waals surface area contributed by atoms with Crippen molar-refractivity contribution in [3.05, 3.63) is 18.0 Å². The van der Waals surface area contributed by atoms with Crippen LogP contribution in [0.3, 0.4) is 0 Å². The number of aliphatic imine (C=N–C) groups is 1. The first-order valence-electron chi connectivity index (χ1n) is 7.33. The predicted molar refractivity (Wildman–Crippen MR) is 97.4 cm³/mol. The first-order chi connectivity index (χ1) is 9.76. The number of aromatic nitrogens is 2. The number of ether oxygens (including phenoxy) is 1. The molecule has 0 saturated carbocycles. The number of aryl methyl sites for hydroxylation is 1. The maximum absolute atomic E-state index is 5.30. The zero-order chi connectivity index (χ0) is 14.6. The molecule has 0 atom stereocenters. The van der Waals surface area contributed by atoms with E-state index in [0.29, 0.717) is 0 Å². The first kappa shape index (κ1) is 20.2. The molecular weight excluding hydrogens is 381 g/mol. The lowest BCUT2D eigenvalue weighted by Crippen LogP contribution is -2.38. The van der Waals surface area contributed by atoms with E-state index in [-0.39, 0.29) is 24.0 Å². The van der Waals surface area contributed by atoms with E-state index in [1.807, 2.05) is 31.0 Å². The third kappa shape index (κ3) is 9.67. The molecule has 0 aliphatic rings. The highest BCUT2D eigenvalue weighted by atomic mass is 127. The van der Waals surface area contributed by atoms with Crippen LogP contribution in [0.2, 0.25) is 0 Å². The SMILES string of the molecule is CCNC(=NCCCOCC)NCCc1cnn(C)c1.I. The first-order valence-corrected chi connectivity index (χ1v) is 7.33. The van der Waals surface area contributed by atoms with E-state index in [2.05, 4.69) is 27.6 Å². The normalized spacial score (nSPS) is 11.1. The van der Waals surface area contributed by atoms with Crippen LogP contribution in [0.4, 0.5) is 0 Å². The second-order valence-electron chi connectivity index (χ2n) is 4.51. The summed E-state index contributed by atoms with van der Waals surface area (Å²) in [5.74, 6) is 0.868. The Morgan fingerprint density at radius 1 is 1.38 bits per heavy atom. The standard InChI is InChI=1S/C14H27N5O.HI/c1-4-15-14(16-8-6-10-20-5-2)17-9-7-13-11-18-19(3)12-13;/h11-12H,4-10H2,1-3H3,(H2,15,16,17);1H. The Morgan fingerprint density at radius 2 is 2.19 bits per heavy atom. The predicted octanol–water partition coefficient (Wildman–Crippen LogP) is 1.56. The van der Waals surface area contributed by atoms with Gasteiger partial charge in [-0.1, -0.05) is 0 Å². The molecule has 0 aromatic carbocycles. The van der Waals surface area contributed by atoms with Crippen LogP contribution < -0.4 is 10.6 Å². The molecule has 0 unspecified atom stereocenters. The van der Waals surface area contributed by atoms with Crippen molar-refractivity contribution in [3.8, 4) is 0 Å². The Balaban J connectivity index is 0.00000400. The minimum absolute atomic E-state index is 0. The topological polar surface area (TPSA) is 63.5 Å². The van der Waals surface area contributed by atoms with Gasteiger partial charge in [0.2, 0.25) is 0 Å². The molecule has 7 heteroatoms. The van der Waals surface area contributed by atoms with Gasteiger partial charge in [0.05, 0.1) is 6.20 Å². The quantitative estimate of drug-likeness (QED) is 0.281. The zero-order valence-electron chi connectivity index (χ0n) is 13.3. The summed E-state index contributed by atoms with van der Waals surface area (Å²) in [4.78, 5) is 4.52. The highest BCUT2D eigenvalue weighted by Crippen LogP contribution is 1.96. The average molecular weight is 409 g/mol. The van der Waals surface area contributed by atoms with Gasteiger partial charge in [0.15, 0.2) is 5.96 Å². The summed E-state index contributed by atoms with van der Waals surface area (Å²) in [7, 11) is 1.93. The molecule has 122 valence electrons. The van der Waals surface area contributed by atoms with E-state index < -0.39 is 0 Å². The van der Waals surface area contributed by atoms with Crippen LogP contribution in [-0.2, 0) is 18.2 Å². The summed E-state index contributed by atoms with van der Waals surface area (Å²) in [6.07, 6.45) is 5.83. The number of nitrogens with one attached hydrogen (secondary N) is 2. The molecule has 1 heterocycles. The summed E-state index contributed by atoms with van der Waals surface area (Å²) in [5, 5.41) is 10.7. The lowest BCUT2D eigenvalue weighted by molar-refractivity contribution is 0.146. The van der Waals surface area contributed by atoms with Crippen molar-refractivity contribution in [2.45, 2.75) is 26.7 Å². The molecule has 2 N–H and O–H groups in total. The van der Waals surface area contributed by atoms with Gasteiger partial charge < -0.3 is 15.4 Å². The zero-order valence-corrected chi connectivity index (χ0v) is 15.6. The van der Waals surface area contributed by atoms with Crippen LogP contribution in [-0.4, -0.2) is 48.6 Å². The second kappa shape index (κ2) is 12.9. The van der Waals surface area contributed by atoms with Gasteiger partial charge in [-0.15, -0.1) is 24.0 Å². The summed E-state index contributed by atoms with van der Waals surface area (Å²) < 4.78 is 7.12. The van der Waals surface area contributed by atoms with Crippen LogP contribution in [0.15, 0.2) is 17.4 Å². The maximum atomic E-state index is 5.30. The van der Waals surface area contributed by atoms with Crippen LogP contribution >= 0.6 is 24.0 Å². The fourth-order valence-electron chi connectivity index (χ4n) is 1.77. The molecule has 1 aromatic rings. The Labute approximate surface area is 144 Å². The fourth-order valence-corrected chi connectivity index (χ4v) is 1.77. The Kier molecular flexibility index (Phi) is 12.4. The number of hydrogen-bond acceptors (Lipinski definition) is 3. The largest absolute Gasteiger partial charge is 0.382 e. The molecule has 0 radical (unpaired) electrons. The van der Waals surface area contributed by atoms with E-state index in [1.165, 1.54) is 5.56 Å². The van der Waals surface area contributed by atoms with Gasteiger partial charge in [-0.25, -0.2) is 0 Å². The third-order valence-electron chi connectivity index (χ3n) is 2.73. The molecule has 0 amide bonds. The number of nitrogens with zero attached hydrogens (tertiary/aromatic N) is 3. The molecule has 1 aromatic heterocycles. The highest BCUT2D eigenvalue weighted by molar-refractivity contribution is 14.0. The smallest absolute Gasteiger partial charge is 0.191 e. The molecular formula is C14H28IN5O. The summed E-state index contributed by atoms with van der Waals surface area (Å²) in [6.45, 7) is 8.11. The van der Waals surface area contributed by atoms with Gasteiger partial charge in [-0.3, -0.25) is 9.67 Å². The third-order valence-corrected chi connectivity index (χ3v) is 2.73. The molecule has 1 rings (SSSR count). The van der Waals surface area contributed by atoms with Crippen LogP contribution in [0.1, 0.15) is 25.8 Å². The van der Waals surface area contributed by atoms with E-state index in [4.69, 9.17) is 4.74 Å². The molecule has 0 fully saturated rings. The molecule has 21 heavy (non-hydrogen) atoms. The highest BCUT2D eigenvalue weighted by Gasteiger charge is 1.99. The van der Waals surface area contributed by atoms with Crippen LogP contribution in [0.25, 0.3) is 0 Å². The minimum Gasteiger partial charge on any atom is -0.382 e. The molecule has 0 aliphatic heterocycles. The Bertz CT molecular complexity index is 394. The number of guanidine groups is 1. The Morgan fingerprint density at radius 3 is 2.81 bits per heavy atom. The minimum atomic E-state index is 0. The van der Waals surface area contributed by atoms with Crippen molar-refractivity contribution in [3.63, 3.8) is 0 Å². The summed E-state index contributed by atoms with van der Waals surface area (Å²) in [5.41, 5.74) is 1.23. The van der Waals surface area contributed by atoms with Gasteiger partial charge in [0, 0.05) is 46.1 Å². The van der Waals surface area contributed by atoms with Crippen molar-refractivity contribution in [1.82, 2.24) is 20.4 Å².